The average molecular weight is 327 g/mol. The van der Waals surface area contributed by atoms with Gasteiger partial charge in [-0.15, -0.1) is 0 Å². The molecule has 0 bridgehead atoms. The molecule has 24 heavy (non-hydrogen) atoms. The molecule has 0 atom stereocenters. The van der Waals surface area contributed by atoms with Gasteiger partial charge in [-0.2, -0.15) is 0 Å². The summed E-state index contributed by atoms with van der Waals surface area (Å²) >= 11 is 0. The predicted octanol–water partition coefficient (Wildman–Crippen LogP) is 3.87. The highest BCUT2D eigenvalue weighted by molar-refractivity contribution is 5.91. The van der Waals surface area contributed by atoms with Crippen LogP contribution in [-0.4, -0.2) is 24.0 Å². The minimum absolute atomic E-state index is 0.0425. The van der Waals surface area contributed by atoms with E-state index in [1.54, 1.807) is 12.3 Å². The summed E-state index contributed by atoms with van der Waals surface area (Å²) in [7, 11) is 0. The van der Waals surface area contributed by atoms with Gasteiger partial charge < -0.3 is 15.4 Å². The molecule has 1 aromatic heterocycles. The second kappa shape index (κ2) is 8.91. The lowest BCUT2D eigenvalue weighted by Crippen LogP contribution is -2.20. The third-order valence-electron chi connectivity index (χ3n) is 3.47. The molecule has 0 unspecified atom stereocenters. The molecule has 0 aliphatic rings. The molecule has 2 aromatic rings. The molecule has 1 amide bonds. The first-order valence-electron chi connectivity index (χ1n) is 8.22. The van der Waals surface area contributed by atoms with E-state index in [1.165, 1.54) is 0 Å². The monoisotopic (exact) mass is 327 g/mol. The highest BCUT2D eigenvalue weighted by Crippen LogP contribution is 2.12. The van der Waals surface area contributed by atoms with Gasteiger partial charge in [-0.05, 0) is 43.5 Å². The van der Waals surface area contributed by atoms with E-state index >= 15 is 0 Å². The van der Waals surface area contributed by atoms with Gasteiger partial charge in [0.25, 0.3) is 5.91 Å². The van der Waals surface area contributed by atoms with E-state index in [4.69, 9.17) is 4.74 Å². The maximum atomic E-state index is 11.9. The number of carbonyl (C=O) groups excluding carboxylic acids is 1. The van der Waals surface area contributed by atoms with Gasteiger partial charge in [0.1, 0.15) is 11.6 Å². The van der Waals surface area contributed by atoms with Crippen molar-refractivity contribution in [1.82, 2.24) is 4.98 Å². The molecular weight excluding hydrogens is 302 g/mol. The Morgan fingerprint density at radius 1 is 1.17 bits per heavy atom. The molecular formula is C19H25N3O2. The van der Waals surface area contributed by atoms with Gasteiger partial charge in [0, 0.05) is 6.54 Å². The first-order valence-corrected chi connectivity index (χ1v) is 8.22. The third-order valence-corrected chi connectivity index (χ3v) is 3.47. The van der Waals surface area contributed by atoms with Crippen LogP contribution in [0.3, 0.4) is 0 Å². The van der Waals surface area contributed by atoms with E-state index in [1.807, 2.05) is 37.3 Å². The van der Waals surface area contributed by atoms with Gasteiger partial charge in [-0.25, -0.2) is 4.98 Å². The smallest absolute Gasteiger partial charge is 0.263 e. The van der Waals surface area contributed by atoms with Gasteiger partial charge in [0.2, 0.25) is 0 Å². The largest absolute Gasteiger partial charge is 0.484 e. The van der Waals surface area contributed by atoms with Crippen LogP contribution in [-0.2, 0) is 4.79 Å². The number of carbonyl (C=O) groups is 1. The Balaban J connectivity index is 1.76. The summed E-state index contributed by atoms with van der Waals surface area (Å²) in [4.78, 5) is 16.1. The number of ether oxygens (including phenoxy) is 1. The quantitative estimate of drug-likeness (QED) is 0.772. The molecule has 5 heteroatoms. The number of aromatic nitrogens is 1. The van der Waals surface area contributed by atoms with E-state index in [0.717, 1.165) is 24.2 Å². The van der Waals surface area contributed by atoms with Crippen LogP contribution in [0.5, 0.6) is 5.75 Å². The van der Waals surface area contributed by atoms with E-state index in [-0.39, 0.29) is 12.5 Å². The minimum Gasteiger partial charge on any atom is -0.484 e. The number of anilines is 2. The summed E-state index contributed by atoms with van der Waals surface area (Å²) in [5.74, 6) is 1.62. The summed E-state index contributed by atoms with van der Waals surface area (Å²) in [6, 6.07) is 11.3. The average Bonchev–Trinajstić information content (AvgIpc) is 2.56. The fourth-order valence-corrected chi connectivity index (χ4v) is 2.04. The first-order chi connectivity index (χ1) is 11.5. The van der Waals surface area contributed by atoms with Crippen molar-refractivity contribution in [2.24, 2.45) is 5.92 Å². The lowest BCUT2D eigenvalue weighted by Gasteiger charge is -2.10. The summed E-state index contributed by atoms with van der Waals surface area (Å²) in [6.07, 6.45) is 2.83. The van der Waals surface area contributed by atoms with Crippen molar-refractivity contribution in [3.63, 3.8) is 0 Å². The van der Waals surface area contributed by atoms with Crippen molar-refractivity contribution in [3.05, 3.63) is 48.2 Å². The van der Waals surface area contributed by atoms with Crippen LogP contribution in [0, 0.1) is 12.8 Å². The Labute approximate surface area is 143 Å². The lowest BCUT2D eigenvalue weighted by molar-refractivity contribution is -0.118. The Morgan fingerprint density at radius 3 is 2.54 bits per heavy atom. The maximum Gasteiger partial charge on any atom is 0.263 e. The molecule has 128 valence electrons. The van der Waals surface area contributed by atoms with Gasteiger partial charge in [0.05, 0.1) is 11.9 Å². The van der Waals surface area contributed by atoms with Crippen LogP contribution in [0.2, 0.25) is 0 Å². The summed E-state index contributed by atoms with van der Waals surface area (Å²) in [5.41, 5.74) is 2.10. The van der Waals surface area contributed by atoms with Crippen molar-refractivity contribution in [1.29, 1.82) is 0 Å². The fourth-order valence-electron chi connectivity index (χ4n) is 2.04. The van der Waals surface area contributed by atoms with Crippen molar-refractivity contribution in [3.8, 4) is 5.75 Å². The number of amides is 1. The molecule has 5 nitrogen and oxygen atoms in total. The topological polar surface area (TPSA) is 63.2 Å². The van der Waals surface area contributed by atoms with E-state index < -0.39 is 0 Å². The summed E-state index contributed by atoms with van der Waals surface area (Å²) in [5, 5.41) is 6.03. The van der Waals surface area contributed by atoms with Crippen molar-refractivity contribution < 1.29 is 9.53 Å². The maximum absolute atomic E-state index is 11.9. The number of hydrogen-bond acceptors (Lipinski definition) is 4. The molecule has 0 saturated carbocycles. The Kier molecular flexibility index (Phi) is 6.61. The van der Waals surface area contributed by atoms with Crippen molar-refractivity contribution >= 4 is 17.4 Å². The molecule has 1 aromatic carbocycles. The molecule has 0 aliphatic heterocycles. The number of pyridine rings is 1. The summed E-state index contributed by atoms with van der Waals surface area (Å²) < 4.78 is 5.44. The highest BCUT2D eigenvalue weighted by Gasteiger charge is 2.05. The number of aryl methyl sites for hydroxylation is 1. The van der Waals surface area contributed by atoms with Crippen LogP contribution < -0.4 is 15.4 Å². The van der Waals surface area contributed by atoms with Crippen molar-refractivity contribution in [2.75, 3.05) is 23.8 Å². The van der Waals surface area contributed by atoms with Crippen LogP contribution in [0.25, 0.3) is 0 Å². The fraction of sp³-hybridized carbons (Fsp3) is 0.368. The van der Waals surface area contributed by atoms with Gasteiger partial charge in [-0.1, -0.05) is 31.5 Å². The normalized spacial score (nSPS) is 10.5. The van der Waals surface area contributed by atoms with Crippen molar-refractivity contribution in [2.45, 2.75) is 27.2 Å². The van der Waals surface area contributed by atoms with E-state index in [9.17, 15) is 4.79 Å². The SMILES string of the molecule is Cc1ccc(OCC(=O)Nc2ccc(NCCC(C)C)cn2)cc1. The van der Waals surface area contributed by atoms with Crippen LogP contribution in [0.1, 0.15) is 25.8 Å². The zero-order valence-electron chi connectivity index (χ0n) is 14.5. The molecule has 2 N–H and O–H groups in total. The molecule has 1 heterocycles. The number of benzene rings is 1. The molecule has 2 rings (SSSR count). The van der Waals surface area contributed by atoms with Gasteiger partial charge in [0.15, 0.2) is 6.61 Å². The highest BCUT2D eigenvalue weighted by atomic mass is 16.5. The second-order valence-corrected chi connectivity index (χ2v) is 6.19. The van der Waals surface area contributed by atoms with Gasteiger partial charge >= 0.3 is 0 Å². The van der Waals surface area contributed by atoms with E-state index in [2.05, 4.69) is 29.5 Å². The third kappa shape index (κ3) is 6.28. The standard InChI is InChI=1S/C19H25N3O2/c1-14(2)10-11-20-16-6-9-18(21-12-16)22-19(23)13-24-17-7-4-15(3)5-8-17/h4-9,12,14,20H,10-11,13H2,1-3H3,(H,21,22,23). The zero-order chi connectivity index (χ0) is 17.4. The molecule has 0 fully saturated rings. The zero-order valence-corrected chi connectivity index (χ0v) is 14.5. The number of nitrogens with one attached hydrogen (secondary N) is 2. The van der Waals surface area contributed by atoms with Crippen LogP contribution in [0.4, 0.5) is 11.5 Å². The molecule has 0 saturated heterocycles. The molecule has 0 spiro atoms. The molecule has 0 radical (unpaired) electrons. The Bertz CT molecular complexity index is 637. The number of rotatable bonds is 8. The lowest BCUT2D eigenvalue weighted by atomic mass is 10.1. The number of hydrogen-bond donors (Lipinski definition) is 2. The van der Waals surface area contributed by atoms with Gasteiger partial charge in [-0.3, -0.25) is 4.79 Å². The van der Waals surface area contributed by atoms with Crippen LogP contribution >= 0.6 is 0 Å². The first kappa shape index (κ1) is 17.8. The van der Waals surface area contributed by atoms with Crippen LogP contribution in [0.15, 0.2) is 42.6 Å². The van der Waals surface area contributed by atoms with E-state index in [0.29, 0.717) is 17.5 Å². The predicted molar refractivity (Wildman–Crippen MR) is 97.5 cm³/mol. The molecule has 0 aliphatic carbocycles. The Morgan fingerprint density at radius 2 is 1.92 bits per heavy atom. The minimum atomic E-state index is -0.233. The Hall–Kier alpha value is -2.56. The summed E-state index contributed by atoms with van der Waals surface area (Å²) in [6.45, 7) is 7.26. The number of nitrogens with zero attached hydrogens (tertiary/aromatic N) is 1. The second-order valence-electron chi connectivity index (χ2n) is 6.19.